The molecule has 1 aliphatic rings. The number of amides is 1. The Kier molecular flexibility index (Phi) is 5.15. The fourth-order valence-electron chi connectivity index (χ4n) is 2.56. The van der Waals surface area contributed by atoms with Crippen LogP contribution in [0.25, 0.3) is 0 Å². The molecule has 0 atom stereocenters. The molecule has 0 bridgehead atoms. The van der Waals surface area contributed by atoms with Gasteiger partial charge in [0.05, 0.1) is 12.2 Å². The Balaban J connectivity index is 1.65. The van der Waals surface area contributed by atoms with Crippen LogP contribution in [0.1, 0.15) is 21.5 Å². The van der Waals surface area contributed by atoms with Gasteiger partial charge in [0.1, 0.15) is 11.6 Å². The minimum Gasteiger partial charge on any atom is -0.493 e. The number of carbonyl (C=O) groups excluding carboxylic acids is 1. The Morgan fingerprint density at radius 2 is 2.29 bits per heavy atom. The first kappa shape index (κ1) is 16.5. The molecule has 124 valence electrons. The van der Waals surface area contributed by atoms with Crippen LogP contribution in [0.5, 0.6) is 5.75 Å². The summed E-state index contributed by atoms with van der Waals surface area (Å²) in [6.45, 7) is 5.34. The number of halogens is 1. The van der Waals surface area contributed by atoms with Crippen LogP contribution in [-0.4, -0.2) is 24.0 Å². The minimum atomic E-state index is -0.160. The zero-order chi connectivity index (χ0) is 16.9. The van der Waals surface area contributed by atoms with Crippen molar-refractivity contribution in [2.45, 2.75) is 13.0 Å². The van der Waals surface area contributed by atoms with Gasteiger partial charge in [0.25, 0.3) is 5.91 Å². The number of carbonyl (C=O) groups is 1. The monoisotopic (exact) mass is 387 g/mol. The van der Waals surface area contributed by atoms with E-state index in [1.165, 1.54) is 5.56 Å². The van der Waals surface area contributed by atoms with Gasteiger partial charge in [-0.3, -0.25) is 4.79 Å². The number of benzene rings is 1. The average Bonchev–Trinajstić information content (AvgIpc) is 3.06. The van der Waals surface area contributed by atoms with Crippen molar-refractivity contribution in [3.63, 3.8) is 0 Å². The molecule has 0 radical (unpaired) electrons. The van der Waals surface area contributed by atoms with E-state index in [9.17, 15) is 4.79 Å². The SMILES string of the molecule is C=CCNC(=O)c1ccc(NCc2cc(Br)cc3c2OCC3)nc1. The van der Waals surface area contributed by atoms with Crippen LogP contribution in [0.2, 0.25) is 0 Å². The molecule has 0 spiro atoms. The van der Waals surface area contributed by atoms with Crippen molar-refractivity contribution >= 4 is 27.7 Å². The quantitative estimate of drug-likeness (QED) is 0.746. The molecule has 0 fully saturated rings. The van der Waals surface area contributed by atoms with Crippen LogP contribution in [0.3, 0.4) is 0 Å². The maximum atomic E-state index is 11.8. The van der Waals surface area contributed by atoms with Crippen LogP contribution >= 0.6 is 15.9 Å². The lowest BCUT2D eigenvalue weighted by atomic mass is 10.1. The second-order valence-corrected chi connectivity index (χ2v) is 6.35. The third-order valence-electron chi connectivity index (χ3n) is 3.72. The third kappa shape index (κ3) is 3.76. The van der Waals surface area contributed by atoms with E-state index in [1.807, 2.05) is 6.07 Å². The zero-order valence-electron chi connectivity index (χ0n) is 13.1. The standard InChI is InChI=1S/C18H18BrN3O2/c1-2-6-20-18(23)13-3-4-16(21-10-13)22-11-14-9-15(19)8-12-5-7-24-17(12)14/h2-4,8-10H,1,5-7,11H2,(H,20,23)(H,21,22). The molecule has 1 amide bonds. The highest BCUT2D eigenvalue weighted by Gasteiger charge is 2.17. The van der Waals surface area contributed by atoms with Gasteiger partial charge < -0.3 is 15.4 Å². The van der Waals surface area contributed by atoms with E-state index in [-0.39, 0.29) is 5.91 Å². The molecule has 0 aliphatic carbocycles. The van der Waals surface area contributed by atoms with Gasteiger partial charge in [-0.1, -0.05) is 22.0 Å². The molecule has 2 aromatic rings. The van der Waals surface area contributed by atoms with Crippen LogP contribution < -0.4 is 15.4 Å². The van der Waals surface area contributed by atoms with E-state index < -0.39 is 0 Å². The molecule has 3 rings (SSSR count). The van der Waals surface area contributed by atoms with Crippen molar-refractivity contribution in [3.8, 4) is 5.75 Å². The average molecular weight is 388 g/mol. The molecule has 1 aromatic carbocycles. The Morgan fingerprint density at radius 1 is 1.42 bits per heavy atom. The number of anilines is 1. The normalized spacial score (nSPS) is 12.2. The summed E-state index contributed by atoms with van der Waals surface area (Å²) in [4.78, 5) is 16.1. The fourth-order valence-corrected chi connectivity index (χ4v) is 3.12. The summed E-state index contributed by atoms with van der Waals surface area (Å²) < 4.78 is 6.77. The smallest absolute Gasteiger partial charge is 0.253 e. The van der Waals surface area contributed by atoms with Crippen molar-refractivity contribution in [2.75, 3.05) is 18.5 Å². The first-order valence-electron chi connectivity index (χ1n) is 7.70. The molecule has 2 heterocycles. The molecule has 1 aliphatic heterocycles. The highest BCUT2D eigenvalue weighted by molar-refractivity contribution is 9.10. The second-order valence-electron chi connectivity index (χ2n) is 5.44. The molecular formula is C18H18BrN3O2. The van der Waals surface area contributed by atoms with Crippen molar-refractivity contribution in [1.82, 2.24) is 10.3 Å². The van der Waals surface area contributed by atoms with Crippen molar-refractivity contribution in [3.05, 3.63) is 64.3 Å². The van der Waals surface area contributed by atoms with Crippen LogP contribution in [-0.2, 0) is 13.0 Å². The molecule has 5 nitrogen and oxygen atoms in total. The molecule has 0 saturated heterocycles. The number of pyridine rings is 1. The summed E-state index contributed by atoms with van der Waals surface area (Å²) in [5, 5.41) is 5.99. The van der Waals surface area contributed by atoms with E-state index >= 15 is 0 Å². The predicted molar refractivity (Wildman–Crippen MR) is 97.4 cm³/mol. The summed E-state index contributed by atoms with van der Waals surface area (Å²) in [7, 11) is 0. The van der Waals surface area contributed by atoms with E-state index in [1.54, 1.807) is 24.4 Å². The largest absolute Gasteiger partial charge is 0.493 e. The first-order valence-corrected chi connectivity index (χ1v) is 8.50. The summed E-state index contributed by atoms with van der Waals surface area (Å²) in [5.74, 6) is 1.51. The Bertz CT molecular complexity index is 760. The van der Waals surface area contributed by atoms with Crippen LogP contribution in [0, 0.1) is 0 Å². The lowest BCUT2D eigenvalue weighted by Gasteiger charge is -2.11. The van der Waals surface area contributed by atoms with Crippen molar-refractivity contribution in [2.24, 2.45) is 0 Å². The molecule has 6 heteroatoms. The predicted octanol–water partition coefficient (Wildman–Crippen LogP) is 3.31. The van der Waals surface area contributed by atoms with Gasteiger partial charge >= 0.3 is 0 Å². The molecule has 0 saturated carbocycles. The van der Waals surface area contributed by atoms with Crippen LogP contribution in [0.15, 0.2) is 47.6 Å². The number of fused-ring (bicyclic) bond motifs is 1. The molecular weight excluding hydrogens is 370 g/mol. The number of nitrogens with one attached hydrogen (secondary N) is 2. The zero-order valence-corrected chi connectivity index (χ0v) is 14.7. The Hall–Kier alpha value is -2.34. The lowest BCUT2D eigenvalue weighted by Crippen LogP contribution is -2.23. The fraction of sp³-hybridized carbons (Fsp3) is 0.222. The Morgan fingerprint density at radius 3 is 3.04 bits per heavy atom. The first-order chi connectivity index (χ1) is 11.7. The second kappa shape index (κ2) is 7.49. The highest BCUT2D eigenvalue weighted by atomic mass is 79.9. The number of ether oxygens (including phenoxy) is 1. The summed E-state index contributed by atoms with van der Waals surface area (Å²) >= 11 is 3.54. The molecule has 1 aromatic heterocycles. The summed E-state index contributed by atoms with van der Waals surface area (Å²) in [5.41, 5.74) is 2.84. The lowest BCUT2D eigenvalue weighted by molar-refractivity contribution is 0.0957. The van der Waals surface area contributed by atoms with E-state index in [2.05, 4.69) is 44.2 Å². The number of nitrogens with zero attached hydrogens (tertiary/aromatic N) is 1. The Labute approximate surface area is 149 Å². The van der Waals surface area contributed by atoms with Gasteiger partial charge in [-0.2, -0.15) is 0 Å². The van der Waals surface area contributed by atoms with Gasteiger partial charge in [0, 0.05) is 35.7 Å². The van der Waals surface area contributed by atoms with Gasteiger partial charge in [0.15, 0.2) is 0 Å². The summed E-state index contributed by atoms with van der Waals surface area (Å²) in [6.07, 6.45) is 4.14. The molecule has 2 N–H and O–H groups in total. The number of hydrogen-bond acceptors (Lipinski definition) is 4. The van der Waals surface area contributed by atoms with Crippen LogP contribution in [0.4, 0.5) is 5.82 Å². The highest BCUT2D eigenvalue weighted by Crippen LogP contribution is 2.33. The molecule has 24 heavy (non-hydrogen) atoms. The van der Waals surface area contributed by atoms with Gasteiger partial charge in [-0.05, 0) is 29.8 Å². The van der Waals surface area contributed by atoms with Gasteiger partial charge in [0.2, 0.25) is 0 Å². The van der Waals surface area contributed by atoms with Crippen molar-refractivity contribution < 1.29 is 9.53 Å². The maximum Gasteiger partial charge on any atom is 0.253 e. The number of aromatic nitrogens is 1. The molecule has 0 unspecified atom stereocenters. The van der Waals surface area contributed by atoms with Crippen molar-refractivity contribution in [1.29, 1.82) is 0 Å². The van der Waals surface area contributed by atoms with E-state index in [0.29, 0.717) is 24.5 Å². The minimum absolute atomic E-state index is 0.160. The number of hydrogen-bond donors (Lipinski definition) is 2. The summed E-state index contributed by atoms with van der Waals surface area (Å²) in [6, 6.07) is 7.69. The maximum absolute atomic E-state index is 11.8. The third-order valence-corrected chi connectivity index (χ3v) is 4.18. The van der Waals surface area contributed by atoms with E-state index in [4.69, 9.17) is 4.74 Å². The van der Waals surface area contributed by atoms with Gasteiger partial charge in [-0.15, -0.1) is 6.58 Å². The number of rotatable bonds is 6. The van der Waals surface area contributed by atoms with E-state index in [0.717, 1.165) is 28.8 Å². The van der Waals surface area contributed by atoms with Gasteiger partial charge in [-0.25, -0.2) is 4.98 Å². The topological polar surface area (TPSA) is 63.2 Å².